The molecule has 14 heavy (non-hydrogen) atoms. The van der Waals surface area contributed by atoms with Crippen LogP contribution < -0.4 is 0 Å². The minimum absolute atomic E-state index is 0.944. The lowest BCUT2D eigenvalue weighted by Gasteiger charge is -2.06. The Balaban J connectivity index is 5.39. The van der Waals surface area contributed by atoms with Gasteiger partial charge in [0.05, 0.1) is 12.1 Å². The highest BCUT2D eigenvalue weighted by Gasteiger charge is 2.23. The van der Waals surface area contributed by atoms with E-state index in [1.54, 1.807) is 6.08 Å². The van der Waals surface area contributed by atoms with Crippen molar-refractivity contribution in [1.29, 1.82) is 10.5 Å². The minimum Gasteiger partial charge on any atom is -0.196 e. The topological polar surface area (TPSA) is 47.6 Å². The molecule has 2 heteroatoms. The van der Waals surface area contributed by atoms with Crippen LogP contribution in [0.15, 0.2) is 29.0 Å². The molecule has 0 saturated carbocycles. The maximum Gasteiger partial charge on any atom is 0.187 e. The third kappa shape index (κ3) is 3.76. The molecule has 2 nitrogen and oxygen atoms in total. The Morgan fingerprint density at radius 2 is 1.57 bits per heavy atom. The summed E-state index contributed by atoms with van der Waals surface area (Å²) in [7, 11) is 0. The molecule has 0 unspecified atom stereocenters. The van der Waals surface area contributed by atoms with Crippen molar-refractivity contribution in [3.8, 4) is 12.1 Å². The van der Waals surface area contributed by atoms with Gasteiger partial charge >= 0.3 is 0 Å². The van der Waals surface area contributed by atoms with E-state index in [1.807, 2.05) is 39.8 Å². The number of nitrogens with zero attached hydrogens (tertiary/aromatic N) is 2. The molecule has 0 aromatic heterocycles. The van der Waals surface area contributed by atoms with E-state index in [0.29, 0.717) is 0 Å². The van der Waals surface area contributed by atoms with Crippen LogP contribution in [0.2, 0.25) is 0 Å². The fourth-order valence-electron chi connectivity index (χ4n) is 0.909. The van der Waals surface area contributed by atoms with Crippen LogP contribution in [0.1, 0.15) is 27.7 Å². The lowest BCUT2D eigenvalue weighted by atomic mass is 9.89. The molecular weight excluding hydrogens is 172 g/mol. The lowest BCUT2D eigenvalue weighted by molar-refractivity contribution is 0.846. The van der Waals surface area contributed by atoms with Gasteiger partial charge in [-0.25, -0.2) is 0 Å². The highest BCUT2D eigenvalue weighted by Crippen LogP contribution is 2.20. The SMILES string of the molecule is CC(C)=C=CC(C#N)(C#N)C=C(C)C. The van der Waals surface area contributed by atoms with Gasteiger partial charge in [0.1, 0.15) is 0 Å². The van der Waals surface area contributed by atoms with Gasteiger partial charge in [-0.05, 0) is 45.4 Å². The van der Waals surface area contributed by atoms with Gasteiger partial charge in [0, 0.05) is 0 Å². The zero-order valence-corrected chi connectivity index (χ0v) is 9.05. The molecule has 0 rings (SSSR count). The average Bonchev–Trinajstić information content (AvgIpc) is 2.11. The van der Waals surface area contributed by atoms with Crippen molar-refractivity contribution in [2.75, 3.05) is 0 Å². The molecular formula is C12H14N2. The number of hydrogen-bond donors (Lipinski definition) is 0. The quantitative estimate of drug-likeness (QED) is 0.491. The fraction of sp³-hybridized carbons (Fsp3) is 0.417. The second kappa shape index (κ2) is 5.07. The Hall–Kier alpha value is -1.76. The van der Waals surface area contributed by atoms with Gasteiger partial charge in [0.15, 0.2) is 5.41 Å². The molecule has 0 radical (unpaired) electrons. The minimum atomic E-state index is -1.17. The van der Waals surface area contributed by atoms with Gasteiger partial charge in [-0.1, -0.05) is 5.57 Å². The molecule has 0 fully saturated rings. The van der Waals surface area contributed by atoms with Gasteiger partial charge in [0.2, 0.25) is 0 Å². The molecule has 0 aromatic carbocycles. The van der Waals surface area contributed by atoms with Crippen LogP contribution in [-0.4, -0.2) is 0 Å². The van der Waals surface area contributed by atoms with E-state index in [0.717, 1.165) is 11.1 Å². The Kier molecular flexibility index (Phi) is 4.44. The summed E-state index contributed by atoms with van der Waals surface area (Å²) in [6.45, 7) is 7.47. The molecule has 0 saturated heterocycles. The van der Waals surface area contributed by atoms with Crippen molar-refractivity contribution in [3.05, 3.63) is 29.0 Å². The molecule has 0 spiro atoms. The average molecular weight is 186 g/mol. The summed E-state index contributed by atoms with van der Waals surface area (Å²) in [6, 6.07) is 3.97. The highest BCUT2D eigenvalue weighted by atomic mass is 14.4. The van der Waals surface area contributed by atoms with Crippen LogP contribution in [0, 0.1) is 28.1 Å². The Bertz CT molecular complexity index is 358. The molecule has 0 atom stereocenters. The zero-order chi connectivity index (χ0) is 11.2. The molecule has 72 valence electrons. The van der Waals surface area contributed by atoms with Crippen LogP contribution in [0.5, 0.6) is 0 Å². The van der Waals surface area contributed by atoms with Crippen molar-refractivity contribution < 1.29 is 0 Å². The fourth-order valence-corrected chi connectivity index (χ4v) is 0.909. The predicted octanol–water partition coefficient (Wildman–Crippen LogP) is 3.11. The van der Waals surface area contributed by atoms with Crippen molar-refractivity contribution in [2.45, 2.75) is 27.7 Å². The first-order valence-corrected chi connectivity index (χ1v) is 4.35. The summed E-state index contributed by atoms with van der Waals surface area (Å²) in [5.74, 6) is 0. The van der Waals surface area contributed by atoms with Crippen molar-refractivity contribution >= 4 is 0 Å². The monoisotopic (exact) mass is 186 g/mol. The number of rotatable bonds is 2. The molecule has 0 amide bonds. The summed E-state index contributed by atoms with van der Waals surface area (Å²) < 4.78 is 0. The van der Waals surface area contributed by atoms with Crippen LogP contribution >= 0.6 is 0 Å². The van der Waals surface area contributed by atoms with Crippen molar-refractivity contribution in [3.63, 3.8) is 0 Å². The van der Waals surface area contributed by atoms with E-state index in [2.05, 4.69) is 5.73 Å². The first-order valence-electron chi connectivity index (χ1n) is 4.35. The van der Waals surface area contributed by atoms with E-state index in [1.165, 1.54) is 6.08 Å². The Morgan fingerprint density at radius 3 is 1.86 bits per heavy atom. The van der Waals surface area contributed by atoms with E-state index < -0.39 is 5.41 Å². The van der Waals surface area contributed by atoms with E-state index in [-0.39, 0.29) is 0 Å². The maximum absolute atomic E-state index is 8.94. The highest BCUT2D eigenvalue weighted by molar-refractivity contribution is 5.34. The van der Waals surface area contributed by atoms with Crippen LogP contribution in [0.4, 0.5) is 0 Å². The van der Waals surface area contributed by atoms with Crippen molar-refractivity contribution in [2.24, 2.45) is 5.41 Å². The maximum atomic E-state index is 8.94. The van der Waals surface area contributed by atoms with Crippen LogP contribution in [-0.2, 0) is 0 Å². The first kappa shape index (κ1) is 12.2. The van der Waals surface area contributed by atoms with Crippen molar-refractivity contribution in [1.82, 2.24) is 0 Å². The third-order valence-electron chi connectivity index (χ3n) is 1.47. The van der Waals surface area contributed by atoms with Crippen LogP contribution in [0.3, 0.4) is 0 Å². The summed E-state index contributed by atoms with van der Waals surface area (Å²) in [6.07, 6.45) is 3.15. The summed E-state index contributed by atoms with van der Waals surface area (Å²) in [4.78, 5) is 0. The molecule has 0 heterocycles. The first-order chi connectivity index (χ1) is 6.45. The normalized spacial score (nSPS) is 9.00. The van der Waals surface area contributed by atoms with Gasteiger partial charge in [-0.3, -0.25) is 0 Å². The smallest absolute Gasteiger partial charge is 0.187 e. The molecule has 0 aliphatic carbocycles. The third-order valence-corrected chi connectivity index (χ3v) is 1.47. The number of nitriles is 2. The summed E-state index contributed by atoms with van der Waals surface area (Å²) in [5.41, 5.74) is 3.62. The largest absolute Gasteiger partial charge is 0.196 e. The second-order valence-electron chi connectivity index (χ2n) is 3.60. The van der Waals surface area contributed by atoms with Gasteiger partial charge in [-0.2, -0.15) is 10.5 Å². The molecule has 0 aliphatic heterocycles. The Morgan fingerprint density at radius 1 is 1.07 bits per heavy atom. The van der Waals surface area contributed by atoms with Gasteiger partial charge in [-0.15, -0.1) is 5.73 Å². The second-order valence-corrected chi connectivity index (χ2v) is 3.60. The van der Waals surface area contributed by atoms with Gasteiger partial charge < -0.3 is 0 Å². The summed E-state index contributed by atoms with van der Waals surface area (Å²) in [5, 5.41) is 17.9. The number of hydrogen-bond acceptors (Lipinski definition) is 2. The predicted molar refractivity (Wildman–Crippen MR) is 56.0 cm³/mol. The van der Waals surface area contributed by atoms with Gasteiger partial charge in [0.25, 0.3) is 0 Å². The van der Waals surface area contributed by atoms with Crippen LogP contribution in [0.25, 0.3) is 0 Å². The molecule has 0 bridgehead atoms. The standard InChI is InChI=1S/C12H14N2/c1-10(2)5-6-12(8-13,9-14)7-11(3)4/h6-7H,1-4H3. The van der Waals surface area contributed by atoms with E-state index >= 15 is 0 Å². The Labute approximate surface area is 85.5 Å². The van der Waals surface area contributed by atoms with E-state index in [9.17, 15) is 0 Å². The molecule has 0 aromatic rings. The summed E-state index contributed by atoms with van der Waals surface area (Å²) >= 11 is 0. The molecule has 0 aliphatic rings. The number of allylic oxidation sites excluding steroid dienone is 3. The molecule has 0 N–H and O–H groups in total. The lowest BCUT2D eigenvalue weighted by Crippen LogP contribution is -2.08. The zero-order valence-electron chi connectivity index (χ0n) is 9.05. The van der Waals surface area contributed by atoms with E-state index in [4.69, 9.17) is 10.5 Å².